The smallest absolute Gasteiger partial charge is 0.412 e. The third-order valence-corrected chi connectivity index (χ3v) is 5.95. The molecule has 2 fully saturated rings. The number of barbiturate groups is 1. The number of urea groups is 1. The van der Waals surface area contributed by atoms with Gasteiger partial charge in [0.2, 0.25) is 11.8 Å². The van der Waals surface area contributed by atoms with Crippen molar-refractivity contribution in [2.75, 3.05) is 16.8 Å². The average molecular weight is 444 g/mol. The molecular formula is C22H28N4O6. The Labute approximate surface area is 186 Å². The van der Waals surface area contributed by atoms with Crippen LogP contribution in [0.25, 0.3) is 0 Å². The van der Waals surface area contributed by atoms with E-state index in [9.17, 15) is 19.2 Å². The van der Waals surface area contributed by atoms with Gasteiger partial charge in [-0.2, -0.15) is 0 Å². The van der Waals surface area contributed by atoms with Gasteiger partial charge in [0.15, 0.2) is 5.41 Å². The number of morpholine rings is 1. The lowest BCUT2D eigenvalue weighted by atomic mass is 9.66. The van der Waals surface area contributed by atoms with E-state index in [0.717, 1.165) is 5.69 Å². The number of nitrogens with one attached hydrogen (secondary N) is 3. The van der Waals surface area contributed by atoms with Gasteiger partial charge in [-0.05, 0) is 64.8 Å². The lowest BCUT2D eigenvalue weighted by Gasteiger charge is -2.55. The van der Waals surface area contributed by atoms with Gasteiger partial charge in [0.25, 0.3) is 0 Å². The van der Waals surface area contributed by atoms with Gasteiger partial charge in [-0.1, -0.05) is 0 Å². The number of carbonyl (C=O) groups excluding carboxylic acids is 4. The molecule has 172 valence electrons. The molecule has 10 heteroatoms. The third-order valence-electron chi connectivity index (χ3n) is 5.95. The molecule has 0 aromatic heterocycles. The molecule has 3 N–H and O–H groups in total. The Bertz CT molecular complexity index is 981. The zero-order valence-corrected chi connectivity index (χ0v) is 18.8. The van der Waals surface area contributed by atoms with Gasteiger partial charge in [-0.25, -0.2) is 9.59 Å². The summed E-state index contributed by atoms with van der Waals surface area (Å²) in [5.41, 5.74) is -0.162. The van der Waals surface area contributed by atoms with Crippen molar-refractivity contribution >= 4 is 35.3 Å². The van der Waals surface area contributed by atoms with E-state index in [1.807, 2.05) is 24.8 Å². The molecule has 4 rings (SSSR count). The molecule has 10 nitrogen and oxygen atoms in total. The van der Waals surface area contributed by atoms with Crippen molar-refractivity contribution in [2.45, 2.75) is 64.9 Å². The summed E-state index contributed by atoms with van der Waals surface area (Å²) >= 11 is 0. The number of hydrogen-bond acceptors (Lipinski definition) is 7. The van der Waals surface area contributed by atoms with Crippen LogP contribution in [0.1, 0.15) is 40.2 Å². The number of amides is 5. The van der Waals surface area contributed by atoms with Crippen LogP contribution in [0.15, 0.2) is 18.2 Å². The number of fused-ring (bicyclic) bond motifs is 4. The Morgan fingerprint density at radius 2 is 1.84 bits per heavy atom. The van der Waals surface area contributed by atoms with Crippen LogP contribution in [0.3, 0.4) is 0 Å². The zero-order chi connectivity index (χ0) is 23.4. The van der Waals surface area contributed by atoms with Gasteiger partial charge in [-0.3, -0.25) is 25.5 Å². The van der Waals surface area contributed by atoms with Crippen molar-refractivity contribution in [3.05, 3.63) is 23.8 Å². The SMILES string of the molecule is C[C@@H]1CN2c3ccc(NC(=O)OC(C)(C)C)cc3CC3(C(=O)NC(=O)NC3=O)[C@H]2[C@H](C)O1. The fourth-order valence-electron chi connectivity index (χ4n) is 4.95. The maximum Gasteiger partial charge on any atom is 0.412 e. The molecule has 32 heavy (non-hydrogen) atoms. The molecule has 0 radical (unpaired) electrons. The molecular weight excluding hydrogens is 416 g/mol. The van der Waals surface area contributed by atoms with Crippen LogP contribution >= 0.6 is 0 Å². The van der Waals surface area contributed by atoms with Crippen LogP contribution in [0, 0.1) is 5.41 Å². The Morgan fingerprint density at radius 3 is 2.47 bits per heavy atom. The van der Waals surface area contributed by atoms with E-state index in [-0.39, 0.29) is 12.5 Å². The first kappa shape index (κ1) is 22.1. The number of nitrogens with zero attached hydrogens (tertiary/aromatic N) is 1. The number of ether oxygens (including phenoxy) is 2. The Hall–Kier alpha value is -3.14. The number of rotatable bonds is 1. The van der Waals surface area contributed by atoms with Crippen molar-refractivity contribution in [3.63, 3.8) is 0 Å². The number of hydrogen-bond donors (Lipinski definition) is 3. The Balaban J connectivity index is 1.75. The Kier molecular flexibility index (Phi) is 5.15. The van der Waals surface area contributed by atoms with Crippen LogP contribution in [0.5, 0.6) is 0 Å². The quantitative estimate of drug-likeness (QED) is 0.565. The highest BCUT2D eigenvalue weighted by Gasteiger charge is 2.62. The summed E-state index contributed by atoms with van der Waals surface area (Å²) < 4.78 is 11.3. The second-order valence-electron chi connectivity index (χ2n) is 9.60. The van der Waals surface area contributed by atoms with Gasteiger partial charge in [0, 0.05) is 17.9 Å². The second-order valence-corrected chi connectivity index (χ2v) is 9.60. The van der Waals surface area contributed by atoms with E-state index >= 15 is 0 Å². The third kappa shape index (κ3) is 3.68. The van der Waals surface area contributed by atoms with Gasteiger partial charge in [-0.15, -0.1) is 0 Å². The van der Waals surface area contributed by atoms with Crippen molar-refractivity contribution in [1.82, 2.24) is 10.6 Å². The topological polar surface area (TPSA) is 126 Å². The predicted molar refractivity (Wildman–Crippen MR) is 115 cm³/mol. The maximum atomic E-state index is 13.1. The van der Waals surface area contributed by atoms with Crippen molar-refractivity contribution in [3.8, 4) is 0 Å². The largest absolute Gasteiger partial charge is 0.444 e. The summed E-state index contributed by atoms with van der Waals surface area (Å²) in [6.45, 7) is 9.53. The molecule has 0 bridgehead atoms. The van der Waals surface area contributed by atoms with Crippen LogP contribution < -0.4 is 20.9 Å². The molecule has 3 aliphatic heterocycles. The molecule has 0 unspecified atom stereocenters. The minimum absolute atomic E-state index is 0.0559. The molecule has 0 saturated carbocycles. The predicted octanol–water partition coefficient (Wildman–Crippen LogP) is 1.92. The first-order chi connectivity index (χ1) is 14.9. The lowest BCUT2D eigenvalue weighted by molar-refractivity contribution is -0.153. The minimum Gasteiger partial charge on any atom is -0.444 e. The van der Waals surface area contributed by atoms with E-state index in [4.69, 9.17) is 9.47 Å². The highest BCUT2D eigenvalue weighted by Crippen LogP contribution is 2.47. The molecule has 2 saturated heterocycles. The normalized spacial score (nSPS) is 26.6. The highest BCUT2D eigenvalue weighted by atomic mass is 16.6. The summed E-state index contributed by atoms with van der Waals surface area (Å²) in [5, 5.41) is 7.21. The van der Waals surface area contributed by atoms with Gasteiger partial charge >= 0.3 is 12.1 Å². The summed E-state index contributed by atoms with van der Waals surface area (Å²) in [7, 11) is 0. The standard InChI is InChI=1S/C22H28N4O6/c1-11-10-26-15-7-6-14(23-20(30)32-21(3,4)5)8-13(15)9-22(16(26)12(2)31-11)17(27)24-19(29)25-18(22)28/h6-8,11-12,16H,9-10H2,1-5H3,(H,23,30)(H2,24,25,27,28,29)/t11-,12+,16-/m1/s1. The van der Waals surface area contributed by atoms with Gasteiger partial charge in [0.1, 0.15) is 5.60 Å². The molecule has 1 aromatic carbocycles. The summed E-state index contributed by atoms with van der Waals surface area (Å²) in [6.07, 6.45) is -1.11. The average Bonchev–Trinajstić information content (AvgIpc) is 2.63. The first-order valence-corrected chi connectivity index (χ1v) is 10.6. The van der Waals surface area contributed by atoms with E-state index in [1.165, 1.54) is 0 Å². The van der Waals surface area contributed by atoms with Gasteiger partial charge < -0.3 is 14.4 Å². The summed E-state index contributed by atoms with van der Waals surface area (Å²) in [5.74, 6) is -1.30. The first-order valence-electron chi connectivity index (χ1n) is 10.6. The van der Waals surface area contributed by atoms with Crippen molar-refractivity contribution in [1.29, 1.82) is 0 Å². The molecule has 3 heterocycles. The molecule has 1 aromatic rings. The molecule has 3 atom stereocenters. The van der Waals surface area contributed by atoms with Crippen LogP contribution in [-0.4, -0.2) is 54.3 Å². The summed E-state index contributed by atoms with van der Waals surface area (Å²) in [6, 6.07) is 3.92. The zero-order valence-electron chi connectivity index (χ0n) is 18.8. The number of anilines is 2. The molecule has 5 amide bonds. The summed E-state index contributed by atoms with van der Waals surface area (Å²) in [4.78, 5) is 52.3. The highest BCUT2D eigenvalue weighted by molar-refractivity contribution is 6.20. The van der Waals surface area contributed by atoms with Crippen LogP contribution in [0.2, 0.25) is 0 Å². The molecule has 3 aliphatic rings. The minimum atomic E-state index is -1.55. The second kappa shape index (κ2) is 7.47. The van der Waals surface area contributed by atoms with Gasteiger partial charge in [0.05, 0.1) is 18.2 Å². The van der Waals surface area contributed by atoms with Crippen LogP contribution in [-0.2, 0) is 25.5 Å². The van der Waals surface area contributed by atoms with E-state index in [0.29, 0.717) is 17.8 Å². The van der Waals surface area contributed by atoms with Crippen LogP contribution in [0.4, 0.5) is 21.0 Å². The fraction of sp³-hybridized carbons (Fsp3) is 0.545. The van der Waals surface area contributed by atoms with E-state index in [2.05, 4.69) is 16.0 Å². The van der Waals surface area contributed by atoms with Crippen molar-refractivity contribution in [2.24, 2.45) is 5.41 Å². The molecule has 1 spiro atoms. The lowest BCUT2D eigenvalue weighted by Crippen LogP contribution is -2.75. The van der Waals surface area contributed by atoms with E-state index in [1.54, 1.807) is 32.9 Å². The maximum absolute atomic E-state index is 13.1. The number of benzene rings is 1. The fourth-order valence-corrected chi connectivity index (χ4v) is 4.95. The monoisotopic (exact) mass is 444 g/mol. The number of imide groups is 2. The van der Waals surface area contributed by atoms with Crippen molar-refractivity contribution < 1.29 is 28.7 Å². The number of carbonyl (C=O) groups is 4. The Morgan fingerprint density at radius 1 is 1.19 bits per heavy atom. The van der Waals surface area contributed by atoms with E-state index < -0.39 is 47.1 Å². The molecule has 0 aliphatic carbocycles.